The van der Waals surface area contributed by atoms with Crippen molar-refractivity contribution >= 4 is 28.3 Å². The third-order valence-corrected chi connectivity index (χ3v) is 3.74. The SMILES string of the molecule is C=S1N=C(C)C(NC(/C=C(C)\C(C)=C/CC)=C/C)=N1. The van der Waals surface area contributed by atoms with E-state index in [4.69, 9.17) is 0 Å². The lowest BCUT2D eigenvalue weighted by Gasteiger charge is -2.08. The quantitative estimate of drug-likeness (QED) is 0.607. The van der Waals surface area contributed by atoms with E-state index >= 15 is 0 Å². The molecule has 1 atom stereocenters. The topological polar surface area (TPSA) is 36.8 Å². The van der Waals surface area contributed by atoms with Crippen molar-refractivity contribution in [3.63, 3.8) is 0 Å². The minimum atomic E-state index is -0.472. The van der Waals surface area contributed by atoms with Gasteiger partial charge in [0, 0.05) is 16.6 Å². The van der Waals surface area contributed by atoms with Gasteiger partial charge in [0.05, 0.1) is 5.71 Å². The number of nitrogens with zero attached hydrogens (tertiary/aromatic N) is 2. The highest BCUT2D eigenvalue weighted by Gasteiger charge is 2.11. The second kappa shape index (κ2) is 7.24. The van der Waals surface area contributed by atoms with E-state index in [-0.39, 0.29) is 0 Å². The van der Waals surface area contributed by atoms with Crippen LogP contribution in [0.4, 0.5) is 0 Å². The predicted molar refractivity (Wildman–Crippen MR) is 90.0 cm³/mol. The fourth-order valence-electron chi connectivity index (χ4n) is 1.65. The van der Waals surface area contributed by atoms with Crippen molar-refractivity contribution in [3.8, 4) is 0 Å². The van der Waals surface area contributed by atoms with Gasteiger partial charge in [0.25, 0.3) is 0 Å². The fraction of sp³-hybridized carbons (Fsp3) is 0.400. The number of allylic oxidation sites excluding steroid dienone is 5. The van der Waals surface area contributed by atoms with Crippen molar-refractivity contribution in [1.29, 1.82) is 0 Å². The van der Waals surface area contributed by atoms with Gasteiger partial charge >= 0.3 is 0 Å². The molecule has 104 valence electrons. The molecule has 0 aromatic heterocycles. The van der Waals surface area contributed by atoms with Crippen molar-refractivity contribution in [2.24, 2.45) is 8.80 Å². The summed E-state index contributed by atoms with van der Waals surface area (Å²) >= 11 is 0. The molecule has 0 radical (unpaired) electrons. The largest absolute Gasteiger partial charge is 0.338 e. The van der Waals surface area contributed by atoms with Crippen LogP contribution < -0.4 is 5.32 Å². The number of hydrogen-bond donors (Lipinski definition) is 1. The Hall–Kier alpha value is -1.42. The monoisotopic (exact) mass is 277 g/mol. The molecule has 0 aromatic carbocycles. The van der Waals surface area contributed by atoms with E-state index in [2.05, 4.69) is 52.9 Å². The summed E-state index contributed by atoms with van der Waals surface area (Å²) in [5.74, 6) is 4.68. The number of nitrogens with one attached hydrogen (secondary N) is 1. The van der Waals surface area contributed by atoms with Gasteiger partial charge in [-0.1, -0.05) is 24.6 Å². The average molecular weight is 277 g/mol. The zero-order valence-electron chi connectivity index (χ0n) is 12.4. The molecule has 0 bridgehead atoms. The van der Waals surface area contributed by atoms with Crippen LogP contribution in [0.3, 0.4) is 0 Å². The molecule has 1 heterocycles. The van der Waals surface area contributed by atoms with Gasteiger partial charge in [0.15, 0.2) is 5.84 Å². The van der Waals surface area contributed by atoms with E-state index in [1.54, 1.807) is 0 Å². The molecule has 0 amide bonds. The third-order valence-electron chi connectivity index (χ3n) is 2.86. The Morgan fingerprint density at radius 2 is 2.00 bits per heavy atom. The van der Waals surface area contributed by atoms with Gasteiger partial charge in [-0.25, -0.2) is 4.40 Å². The summed E-state index contributed by atoms with van der Waals surface area (Å²) in [6, 6.07) is 0. The maximum absolute atomic E-state index is 4.38. The molecular formula is C15H23N3S. The van der Waals surface area contributed by atoms with Gasteiger partial charge in [-0.3, -0.25) is 0 Å². The first-order valence-electron chi connectivity index (χ1n) is 6.45. The molecular weight excluding hydrogens is 254 g/mol. The van der Waals surface area contributed by atoms with Crippen LogP contribution in [0.5, 0.6) is 0 Å². The van der Waals surface area contributed by atoms with Crippen LogP contribution in [0.25, 0.3) is 0 Å². The Balaban J connectivity index is 2.85. The van der Waals surface area contributed by atoms with Crippen LogP contribution >= 0.6 is 10.9 Å². The zero-order valence-corrected chi connectivity index (χ0v) is 13.3. The Morgan fingerprint density at radius 1 is 1.32 bits per heavy atom. The standard InChI is InChI=1S/C15H23N3S/c1-7-9-11(3)12(4)10-14(8-2)16-15-13(5)17-19(6)18-15/h8-10H,6-7H2,1-5H3,(H,16,18)/b11-9-,12-10-,14-8+. The Bertz CT molecular complexity index is 520. The Morgan fingerprint density at radius 3 is 2.47 bits per heavy atom. The Labute approximate surface area is 119 Å². The second-order valence-corrected chi connectivity index (χ2v) is 5.49. The lowest BCUT2D eigenvalue weighted by molar-refractivity contribution is 1.14. The molecule has 0 spiro atoms. The molecule has 1 aliphatic rings. The molecule has 3 nitrogen and oxygen atoms in total. The van der Waals surface area contributed by atoms with Crippen molar-refractivity contribution in [2.75, 3.05) is 0 Å². The summed E-state index contributed by atoms with van der Waals surface area (Å²) < 4.78 is 8.69. The zero-order chi connectivity index (χ0) is 14.4. The molecule has 0 fully saturated rings. The summed E-state index contributed by atoms with van der Waals surface area (Å²) in [4.78, 5) is 0. The highest BCUT2D eigenvalue weighted by atomic mass is 32.2. The normalized spacial score (nSPS) is 21.3. The molecule has 0 aliphatic carbocycles. The van der Waals surface area contributed by atoms with E-state index < -0.39 is 10.9 Å². The lowest BCUT2D eigenvalue weighted by atomic mass is 10.1. The van der Waals surface area contributed by atoms with Crippen molar-refractivity contribution in [2.45, 2.75) is 41.0 Å². The van der Waals surface area contributed by atoms with Crippen LogP contribution in [0.15, 0.2) is 43.9 Å². The van der Waals surface area contributed by atoms with Crippen LogP contribution in [0, 0.1) is 0 Å². The first kappa shape index (κ1) is 15.6. The van der Waals surface area contributed by atoms with E-state index in [9.17, 15) is 0 Å². The molecule has 1 aliphatic heterocycles. The highest BCUT2D eigenvalue weighted by molar-refractivity contribution is 8.12. The van der Waals surface area contributed by atoms with Gasteiger partial charge in [0.2, 0.25) is 0 Å². The molecule has 1 N–H and O–H groups in total. The summed E-state index contributed by atoms with van der Waals surface area (Å²) in [7, 11) is -0.472. The minimum Gasteiger partial charge on any atom is -0.338 e. The smallest absolute Gasteiger partial charge is 0.162 e. The van der Waals surface area contributed by atoms with Crippen molar-refractivity contribution in [1.82, 2.24) is 5.32 Å². The van der Waals surface area contributed by atoms with E-state index in [0.29, 0.717) is 0 Å². The first-order chi connectivity index (χ1) is 8.97. The second-order valence-electron chi connectivity index (χ2n) is 4.45. The number of hydrogen-bond acceptors (Lipinski definition) is 3. The summed E-state index contributed by atoms with van der Waals surface area (Å²) in [5, 5.41) is 3.32. The van der Waals surface area contributed by atoms with E-state index in [1.165, 1.54) is 11.1 Å². The lowest BCUT2D eigenvalue weighted by Crippen LogP contribution is -2.26. The van der Waals surface area contributed by atoms with Gasteiger partial charge in [0.1, 0.15) is 0 Å². The first-order valence-corrected chi connectivity index (χ1v) is 7.76. The van der Waals surface area contributed by atoms with Gasteiger partial charge in [-0.15, -0.1) is 0 Å². The predicted octanol–water partition coefficient (Wildman–Crippen LogP) is 4.19. The molecule has 4 heteroatoms. The maximum atomic E-state index is 4.38. The Kier molecular flexibility index (Phi) is 5.96. The molecule has 0 aromatic rings. The fourth-order valence-corrected chi connectivity index (χ4v) is 2.48. The van der Waals surface area contributed by atoms with Crippen molar-refractivity contribution < 1.29 is 0 Å². The molecule has 0 saturated heterocycles. The average Bonchev–Trinajstić information content (AvgIpc) is 2.67. The van der Waals surface area contributed by atoms with Gasteiger partial charge in [-0.05, 0) is 51.6 Å². The molecule has 1 unspecified atom stereocenters. The van der Waals surface area contributed by atoms with E-state index in [1.807, 2.05) is 19.9 Å². The molecule has 0 saturated carbocycles. The van der Waals surface area contributed by atoms with Crippen molar-refractivity contribution in [3.05, 3.63) is 35.1 Å². The highest BCUT2D eigenvalue weighted by Crippen LogP contribution is 2.20. The van der Waals surface area contributed by atoms with Gasteiger partial charge in [-0.2, -0.15) is 4.40 Å². The minimum absolute atomic E-state index is 0.472. The third kappa shape index (κ3) is 4.63. The summed E-state index contributed by atoms with van der Waals surface area (Å²) in [5.41, 5.74) is 4.52. The van der Waals surface area contributed by atoms with Crippen LogP contribution in [0.2, 0.25) is 0 Å². The van der Waals surface area contributed by atoms with Gasteiger partial charge < -0.3 is 5.32 Å². The number of amidine groups is 1. The van der Waals surface area contributed by atoms with E-state index in [0.717, 1.165) is 23.7 Å². The number of rotatable bonds is 4. The maximum Gasteiger partial charge on any atom is 0.162 e. The summed E-state index contributed by atoms with van der Waals surface area (Å²) in [6.45, 7) is 10.4. The molecule has 19 heavy (non-hydrogen) atoms. The molecule has 1 rings (SSSR count). The van der Waals surface area contributed by atoms with Crippen LogP contribution in [-0.2, 0) is 0 Å². The summed E-state index contributed by atoms with van der Waals surface area (Å²) in [6.07, 6.45) is 7.46. The van der Waals surface area contributed by atoms with Crippen LogP contribution in [-0.4, -0.2) is 17.4 Å². The van der Waals surface area contributed by atoms with Crippen LogP contribution in [0.1, 0.15) is 41.0 Å².